The second-order valence-corrected chi connectivity index (χ2v) is 3.72. The van der Waals surface area contributed by atoms with Gasteiger partial charge in [-0.3, -0.25) is 9.59 Å². The fourth-order valence-corrected chi connectivity index (χ4v) is 1.37. The van der Waals surface area contributed by atoms with E-state index >= 15 is 0 Å². The summed E-state index contributed by atoms with van der Waals surface area (Å²) in [5.74, 6) is -0.419. The predicted molar refractivity (Wildman–Crippen MR) is 61.0 cm³/mol. The Kier molecular flexibility index (Phi) is 5.13. The monoisotopic (exact) mass is 240 g/mol. The molecule has 0 radical (unpaired) electrons. The predicted octanol–water partition coefficient (Wildman–Crippen LogP) is 0.559. The molecule has 0 bridgehead atoms. The largest absolute Gasteiger partial charge is 0.353 e. The quantitative estimate of drug-likeness (QED) is 0.711. The summed E-state index contributed by atoms with van der Waals surface area (Å²) in [5, 5.41) is 12.8. The number of anilines is 1. The van der Waals surface area contributed by atoms with Crippen LogP contribution in [0.25, 0.3) is 0 Å². The average molecular weight is 240 g/mol. The standard InChI is InChI=1S/C9H12N4O2S/c1-2-5-10-7(14)3-4-8(15)12-9-13-11-6-16-9/h2,6H,1,3-5H2,(H,10,14)(H,12,13,15). The van der Waals surface area contributed by atoms with Crippen LogP contribution < -0.4 is 10.6 Å². The van der Waals surface area contributed by atoms with Crippen LogP contribution >= 0.6 is 11.3 Å². The van der Waals surface area contributed by atoms with Crippen LogP contribution in [0, 0.1) is 0 Å². The molecule has 0 saturated carbocycles. The maximum absolute atomic E-state index is 11.3. The van der Waals surface area contributed by atoms with Gasteiger partial charge in [0.1, 0.15) is 5.51 Å². The van der Waals surface area contributed by atoms with Crippen LogP contribution in [-0.2, 0) is 9.59 Å². The number of hydrogen-bond donors (Lipinski definition) is 2. The van der Waals surface area contributed by atoms with Crippen molar-refractivity contribution in [2.45, 2.75) is 12.8 Å². The third-order valence-electron chi connectivity index (χ3n) is 1.63. The number of aromatic nitrogens is 2. The SMILES string of the molecule is C=CCNC(=O)CCC(=O)Nc1nncs1. The van der Waals surface area contributed by atoms with Gasteiger partial charge < -0.3 is 10.6 Å². The molecule has 0 aliphatic carbocycles. The summed E-state index contributed by atoms with van der Waals surface area (Å²) in [4.78, 5) is 22.5. The first kappa shape index (κ1) is 12.3. The van der Waals surface area contributed by atoms with E-state index in [4.69, 9.17) is 0 Å². The van der Waals surface area contributed by atoms with Gasteiger partial charge in [0, 0.05) is 19.4 Å². The van der Waals surface area contributed by atoms with Crippen LogP contribution in [0.4, 0.5) is 5.13 Å². The molecule has 1 aromatic rings. The van der Waals surface area contributed by atoms with Crippen LogP contribution in [0.1, 0.15) is 12.8 Å². The smallest absolute Gasteiger partial charge is 0.226 e. The van der Waals surface area contributed by atoms with Crippen LogP contribution in [-0.4, -0.2) is 28.6 Å². The van der Waals surface area contributed by atoms with E-state index in [9.17, 15) is 9.59 Å². The highest BCUT2D eigenvalue weighted by Gasteiger charge is 2.07. The van der Waals surface area contributed by atoms with Crippen molar-refractivity contribution in [3.63, 3.8) is 0 Å². The Morgan fingerprint density at radius 1 is 1.44 bits per heavy atom. The van der Waals surface area contributed by atoms with E-state index in [1.54, 1.807) is 6.08 Å². The van der Waals surface area contributed by atoms with Gasteiger partial charge in [-0.25, -0.2) is 0 Å². The first-order valence-corrected chi connectivity index (χ1v) is 5.54. The van der Waals surface area contributed by atoms with Crippen molar-refractivity contribution in [1.29, 1.82) is 0 Å². The van der Waals surface area contributed by atoms with E-state index in [1.807, 2.05) is 0 Å². The molecule has 86 valence electrons. The van der Waals surface area contributed by atoms with Gasteiger partial charge in [-0.05, 0) is 0 Å². The minimum Gasteiger partial charge on any atom is -0.353 e. The van der Waals surface area contributed by atoms with Gasteiger partial charge in [0.15, 0.2) is 0 Å². The number of rotatable bonds is 6. The fourth-order valence-electron chi connectivity index (χ4n) is 0.911. The van der Waals surface area contributed by atoms with E-state index in [1.165, 1.54) is 16.8 Å². The van der Waals surface area contributed by atoms with Gasteiger partial charge in [-0.2, -0.15) is 0 Å². The van der Waals surface area contributed by atoms with Gasteiger partial charge in [-0.1, -0.05) is 17.4 Å². The summed E-state index contributed by atoms with van der Waals surface area (Å²) in [7, 11) is 0. The molecule has 2 N–H and O–H groups in total. The maximum atomic E-state index is 11.3. The summed E-state index contributed by atoms with van der Waals surface area (Å²) < 4.78 is 0. The molecule has 0 atom stereocenters. The fraction of sp³-hybridized carbons (Fsp3) is 0.333. The van der Waals surface area contributed by atoms with Crippen molar-refractivity contribution in [3.05, 3.63) is 18.2 Å². The molecule has 6 nitrogen and oxygen atoms in total. The molecule has 2 amide bonds. The van der Waals surface area contributed by atoms with Gasteiger partial charge in [-0.15, -0.1) is 16.8 Å². The number of nitrogens with one attached hydrogen (secondary N) is 2. The van der Waals surface area contributed by atoms with Gasteiger partial charge in [0.05, 0.1) is 0 Å². The second-order valence-electron chi connectivity index (χ2n) is 2.88. The molecule has 0 unspecified atom stereocenters. The number of amides is 2. The van der Waals surface area contributed by atoms with E-state index in [0.717, 1.165) is 0 Å². The van der Waals surface area contributed by atoms with Crippen molar-refractivity contribution in [2.24, 2.45) is 0 Å². The van der Waals surface area contributed by atoms with Crippen molar-refractivity contribution in [3.8, 4) is 0 Å². The third kappa shape index (κ3) is 4.65. The lowest BCUT2D eigenvalue weighted by Crippen LogP contribution is -2.24. The zero-order chi connectivity index (χ0) is 11.8. The summed E-state index contributed by atoms with van der Waals surface area (Å²) in [6, 6.07) is 0. The van der Waals surface area contributed by atoms with E-state index in [-0.39, 0.29) is 24.7 Å². The van der Waals surface area contributed by atoms with Gasteiger partial charge in [0.2, 0.25) is 16.9 Å². The highest BCUT2D eigenvalue weighted by molar-refractivity contribution is 7.13. The van der Waals surface area contributed by atoms with Gasteiger partial charge >= 0.3 is 0 Å². The molecule has 0 aromatic carbocycles. The Balaban J connectivity index is 2.20. The van der Waals surface area contributed by atoms with Crippen molar-refractivity contribution >= 4 is 28.3 Å². The Bertz CT molecular complexity index is 364. The lowest BCUT2D eigenvalue weighted by Gasteiger charge is -2.02. The molecular weight excluding hydrogens is 228 g/mol. The molecule has 1 rings (SSSR count). The zero-order valence-corrected chi connectivity index (χ0v) is 9.42. The second kappa shape index (κ2) is 6.67. The Morgan fingerprint density at radius 2 is 2.19 bits per heavy atom. The van der Waals surface area contributed by atoms with Crippen molar-refractivity contribution in [1.82, 2.24) is 15.5 Å². The molecule has 1 heterocycles. The lowest BCUT2D eigenvalue weighted by molar-refractivity contribution is -0.124. The normalized spacial score (nSPS) is 9.50. The first-order chi connectivity index (χ1) is 7.72. The molecule has 0 saturated heterocycles. The Morgan fingerprint density at radius 3 is 2.81 bits per heavy atom. The first-order valence-electron chi connectivity index (χ1n) is 4.66. The van der Waals surface area contributed by atoms with Crippen molar-refractivity contribution < 1.29 is 9.59 Å². The third-order valence-corrected chi connectivity index (χ3v) is 2.24. The van der Waals surface area contributed by atoms with Gasteiger partial charge in [0.25, 0.3) is 0 Å². The van der Waals surface area contributed by atoms with E-state index in [2.05, 4.69) is 27.4 Å². The summed E-state index contributed by atoms with van der Waals surface area (Å²) >= 11 is 1.23. The molecule has 0 aliphatic heterocycles. The summed E-state index contributed by atoms with van der Waals surface area (Å²) in [5.41, 5.74) is 1.52. The molecule has 7 heteroatoms. The highest BCUT2D eigenvalue weighted by atomic mass is 32.1. The summed E-state index contributed by atoms with van der Waals surface area (Å²) in [6.07, 6.45) is 1.86. The molecular formula is C9H12N4O2S. The molecule has 0 fully saturated rings. The minimum atomic E-state index is -0.245. The van der Waals surface area contributed by atoms with E-state index in [0.29, 0.717) is 11.7 Å². The van der Waals surface area contributed by atoms with Crippen LogP contribution in [0.3, 0.4) is 0 Å². The maximum Gasteiger partial charge on any atom is 0.226 e. The number of nitrogens with zero attached hydrogens (tertiary/aromatic N) is 2. The topological polar surface area (TPSA) is 84.0 Å². The molecule has 0 aliphatic rings. The van der Waals surface area contributed by atoms with E-state index < -0.39 is 0 Å². The average Bonchev–Trinajstić information content (AvgIpc) is 2.76. The van der Waals surface area contributed by atoms with Crippen LogP contribution in [0.5, 0.6) is 0 Å². The molecule has 1 aromatic heterocycles. The van der Waals surface area contributed by atoms with Crippen LogP contribution in [0.15, 0.2) is 18.2 Å². The molecule has 16 heavy (non-hydrogen) atoms. The van der Waals surface area contributed by atoms with Crippen LogP contribution in [0.2, 0.25) is 0 Å². The number of carbonyl (C=O) groups excluding carboxylic acids is 2. The summed E-state index contributed by atoms with van der Waals surface area (Å²) in [6.45, 7) is 3.88. The Hall–Kier alpha value is -1.76. The highest BCUT2D eigenvalue weighted by Crippen LogP contribution is 2.08. The number of hydrogen-bond acceptors (Lipinski definition) is 5. The zero-order valence-electron chi connectivity index (χ0n) is 8.60. The lowest BCUT2D eigenvalue weighted by atomic mass is 10.3. The Labute approximate surface area is 96.8 Å². The molecule has 0 spiro atoms. The minimum absolute atomic E-state index is 0.128. The number of carbonyl (C=O) groups is 2. The van der Waals surface area contributed by atoms with Crippen molar-refractivity contribution in [2.75, 3.05) is 11.9 Å².